The van der Waals surface area contributed by atoms with E-state index < -0.39 is 17.6 Å². The van der Waals surface area contributed by atoms with E-state index in [1.54, 1.807) is 6.07 Å². The molecule has 1 N–H and O–H groups in total. The monoisotopic (exact) mass is 477 g/mol. The molecule has 0 bridgehead atoms. The molecule has 0 atom stereocenters. The van der Waals surface area contributed by atoms with E-state index in [0.717, 1.165) is 21.3 Å². The predicted octanol–water partition coefficient (Wildman–Crippen LogP) is 6.36. The van der Waals surface area contributed by atoms with Crippen molar-refractivity contribution in [2.24, 2.45) is 0 Å². The van der Waals surface area contributed by atoms with Crippen molar-refractivity contribution in [3.05, 3.63) is 51.1 Å². The molecule has 26 heavy (non-hydrogen) atoms. The lowest BCUT2D eigenvalue weighted by molar-refractivity contribution is -0.137. The lowest BCUT2D eigenvalue weighted by Gasteiger charge is -2.20. The Labute approximate surface area is 164 Å². The standard InChI is InChI=1S/C19H19F3INO2/c1-11(25)24-15-10-13(19(20,21)22)6-8-17(15)26-16-7-5-12(9-14(16)23)18(2,3)4/h5-10H,1-4H3,(H,24,25). The molecule has 0 saturated carbocycles. The summed E-state index contributed by atoms with van der Waals surface area (Å²) in [5, 5.41) is 2.39. The summed E-state index contributed by atoms with van der Waals surface area (Å²) in [6, 6.07) is 8.67. The van der Waals surface area contributed by atoms with Crippen LogP contribution in [-0.2, 0) is 16.4 Å². The predicted molar refractivity (Wildman–Crippen MR) is 104 cm³/mol. The molecule has 0 aliphatic heterocycles. The van der Waals surface area contributed by atoms with Gasteiger partial charge in [0.2, 0.25) is 5.91 Å². The van der Waals surface area contributed by atoms with Crippen molar-refractivity contribution in [1.29, 1.82) is 0 Å². The fourth-order valence-corrected chi connectivity index (χ4v) is 2.88. The highest BCUT2D eigenvalue weighted by Gasteiger charge is 2.31. The maximum absolute atomic E-state index is 12.9. The Balaban J connectivity index is 2.41. The minimum absolute atomic E-state index is 0.0250. The van der Waals surface area contributed by atoms with E-state index in [-0.39, 0.29) is 16.9 Å². The van der Waals surface area contributed by atoms with Crippen molar-refractivity contribution in [3.63, 3.8) is 0 Å². The van der Waals surface area contributed by atoms with Crippen LogP contribution in [0.2, 0.25) is 0 Å². The molecule has 140 valence electrons. The number of halogens is 4. The lowest BCUT2D eigenvalue weighted by Crippen LogP contribution is -2.12. The molecule has 0 aromatic heterocycles. The Hall–Kier alpha value is -1.77. The van der Waals surface area contributed by atoms with Gasteiger partial charge in [-0.15, -0.1) is 0 Å². The number of ether oxygens (including phenoxy) is 1. The van der Waals surface area contributed by atoms with Crippen LogP contribution in [0.5, 0.6) is 11.5 Å². The van der Waals surface area contributed by atoms with Crippen LogP contribution in [-0.4, -0.2) is 5.91 Å². The third-order valence-electron chi connectivity index (χ3n) is 3.64. The van der Waals surface area contributed by atoms with E-state index >= 15 is 0 Å². The van der Waals surface area contributed by atoms with Gasteiger partial charge in [-0.2, -0.15) is 13.2 Å². The first kappa shape index (κ1) is 20.5. The molecule has 0 radical (unpaired) electrons. The summed E-state index contributed by atoms with van der Waals surface area (Å²) in [7, 11) is 0. The Morgan fingerprint density at radius 1 is 1.00 bits per heavy atom. The Bertz CT molecular complexity index is 827. The lowest BCUT2D eigenvalue weighted by atomic mass is 9.87. The first-order chi connectivity index (χ1) is 11.9. The smallest absolute Gasteiger partial charge is 0.416 e. The second kappa shape index (κ2) is 7.46. The number of rotatable bonds is 3. The van der Waals surface area contributed by atoms with E-state index in [0.29, 0.717) is 5.75 Å². The van der Waals surface area contributed by atoms with Gasteiger partial charge in [-0.1, -0.05) is 26.8 Å². The molecule has 1 amide bonds. The number of benzene rings is 2. The number of alkyl halides is 3. The third kappa shape index (κ3) is 5.12. The van der Waals surface area contributed by atoms with Crippen LogP contribution >= 0.6 is 22.6 Å². The van der Waals surface area contributed by atoms with Crippen molar-refractivity contribution in [2.45, 2.75) is 39.3 Å². The van der Waals surface area contributed by atoms with Crippen molar-refractivity contribution in [3.8, 4) is 11.5 Å². The number of hydrogen-bond acceptors (Lipinski definition) is 2. The van der Waals surface area contributed by atoms with E-state index in [2.05, 4.69) is 48.7 Å². The van der Waals surface area contributed by atoms with Crippen LogP contribution in [0.1, 0.15) is 38.8 Å². The molecular weight excluding hydrogens is 458 g/mol. The largest absolute Gasteiger partial charge is 0.454 e. The zero-order valence-electron chi connectivity index (χ0n) is 14.8. The maximum atomic E-state index is 12.9. The van der Waals surface area contributed by atoms with Crippen LogP contribution in [0, 0.1) is 3.57 Å². The van der Waals surface area contributed by atoms with Gasteiger partial charge in [0.1, 0.15) is 5.75 Å². The van der Waals surface area contributed by atoms with Gasteiger partial charge in [-0.25, -0.2) is 0 Å². The Morgan fingerprint density at radius 2 is 1.58 bits per heavy atom. The molecule has 0 aliphatic rings. The normalized spacial score (nSPS) is 12.0. The fourth-order valence-electron chi connectivity index (χ4n) is 2.25. The number of amides is 1. The Morgan fingerprint density at radius 3 is 2.08 bits per heavy atom. The average Bonchev–Trinajstić information content (AvgIpc) is 2.48. The first-order valence-electron chi connectivity index (χ1n) is 7.84. The van der Waals surface area contributed by atoms with E-state index in [9.17, 15) is 18.0 Å². The topological polar surface area (TPSA) is 38.3 Å². The number of carbonyl (C=O) groups is 1. The summed E-state index contributed by atoms with van der Waals surface area (Å²) < 4.78 is 45.4. The highest BCUT2D eigenvalue weighted by molar-refractivity contribution is 14.1. The minimum Gasteiger partial charge on any atom is -0.454 e. The van der Waals surface area contributed by atoms with Gasteiger partial charge in [0, 0.05) is 6.92 Å². The number of carbonyl (C=O) groups excluding carboxylic acids is 1. The van der Waals surface area contributed by atoms with Gasteiger partial charge in [0.25, 0.3) is 0 Å². The van der Waals surface area contributed by atoms with Crippen molar-refractivity contribution in [1.82, 2.24) is 0 Å². The molecule has 3 nitrogen and oxygen atoms in total. The zero-order valence-corrected chi connectivity index (χ0v) is 16.9. The van der Waals surface area contributed by atoms with Crippen LogP contribution in [0.4, 0.5) is 18.9 Å². The van der Waals surface area contributed by atoms with Crippen LogP contribution in [0.25, 0.3) is 0 Å². The van der Waals surface area contributed by atoms with Crippen molar-refractivity contribution < 1.29 is 22.7 Å². The van der Waals surface area contributed by atoms with Gasteiger partial charge in [0.05, 0.1) is 14.8 Å². The summed E-state index contributed by atoms with van der Waals surface area (Å²) in [6.07, 6.45) is -4.51. The Kier molecular flexibility index (Phi) is 5.89. The van der Waals surface area contributed by atoms with Gasteiger partial charge < -0.3 is 10.1 Å². The van der Waals surface area contributed by atoms with E-state index in [4.69, 9.17) is 4.74 Å². The fraction of sp³-hybridized carbons (Fsp3) is 0.316. The molecular formula is C19H19F3INO2. The summed E-state index contributed by atoms with van der Waals surface area (Å²) in [5.41, 5.74) is 0.201. The SMILES string of the molecule is CC(=O)Nc1cc(C(F)(F)F)ccc1Oc1ccc(C(C)(C)C)cc1I. The molecule has 2 aromatic carbocycles. The highest BCUT2D eigenvalue weighted by Crippen LogP contribution is 2.38. The quantitative estimate of drug-likeness (QED) is 0.523. The molecule has 2 aromatic rings. The van der Waals surface area contributed by atoms with Gasteiger partial charge in [-0.3, -0.25) is 4.79 Å². The van der Waals surface area contributed by atoms with Crippen LogP contribution in [0.15, 0.2) is 36.4 Å². The summed E-state index contributed by atoms with van der Waals surface area (Å²) in [6.45, 7) is 7.49. The summed E-state index contributed by atoms with van der Waals surface area (Å²) in [4.78, 5) is 11.4. The summed E-state index contributed by atoms with van der Waals surface area (Å²) >= 11 is 2.12. The average molecular weight is 477 g/mol. The second-order valence-corrected chi connectivity index (χ2v) is 8.05. The molecule has 0 aliphatic carbocycles. The van der Waals surface area contributed by atoms with Gasteiger partial charge >= 0.3 is 6.18 Å². The summed E-state index contributed by atoms with van der Waals surface area (Å²) in [5.74, 6) is 0.173. The molecule has 0 unspecified atom stereocenters. The maximum Gasteiger partial charge on any atom is 0.416 e. The highest BCUT2D eigenvalue weighted by atomic mass is 127. The number of anilines is 1. The third-order valence-corrected chi connectivity index (χ3v) is 4.48. The second-order valence-electron chi connectivity index (χ2n) is 6.89. The molecule has 0 fully saturated rings. The molecule has 0 saturated heterocycles. The molecule has 7 heteroatoms. The van der Waals surface area contributed by atoms with Crippen molar-refractivity contribution >= 4 is 34.2 Å². The van der Waals surface area contributed by atoms with E-state index in [1.165, 1.54) is 13.0 Å². The first-order valence-corrected chi connectivity index (χ1v) is 8.92. The van der Waals surface area contributed by atoms with E-state index in [1.807, 2.05) is 12.1 Å². The minimum atomic E-state index is -4.51. The van der Waals surface area contributed by atoms with Crippen LogP contribution < -0.4 is 10.1 Å². The molecule has 2 rings (SSSR count). The van der Waals surface area contributed by atoms with Crippen LogP contribution in [0.3, 0.4) is 0 Å². The molecule has 0 spiro atoms. The van der Waals surface area contributed by atoms with Gasteiger partial charge in [0.15, 0.2) is 5.75 Å². The molecule has 0 heterocycles. The van der Waals surface area contributed by atoms with Crippen molar-refractivity contribution in [2.75, 3.05) is 5.32 Å². The van der Waals surface area contributed by atoms with Gasteiger partial charge in [-0.05, 0) is 63.9 Å². The zero-order chi connectivity index (χ0) is 19.7. The number of nitrogens with one attached hydrogen (secondary N) is 1. The number of hydrogen-bond donors (Lipinski definition) is 1.